The highest BCUT2D eigenvalue weighted by Gasteiger charge is 2.37. The summed E-state index contributed by atoms with van der Waals surface area (Å²) in [5.41, 5.74) is 0.963. The number of halogens is 2. The van der Waals surface area contributed by atoms with E-state index in [9.17, 15) is 13.6 Å². The third kappa shape index (κ3) is 3.28. The minimum absolute atomic E-state index is 0.0976. The van der Waals surface area contributed by atoms with Gasteiger partial charge in [-0.15, -0.1) is 0 Å². The van der Waals surface area contributed by atoms with Crippen molar-refractivity contribution in [3.8, 4) is 0 Å². The number of nitrogens with zero attached hydrogens (tertiary/aromatic N) is 2. The van der Waals surface area contributed by atoms with Crippen LogP contribution in [0.4, 0.5) is 8.78 Å². The molecule has 2 unspecified atom stereocenters. The number of amides is 1. The zero-order valence-corrected chi connectivity index (χ0v) is 13.3. The average molecular weight is 332 g/mol. The summed E-state index contributed by atoms with van der Waals surface area (Å²) in [5, 5.41) is 0. The Bertz CT molecular complexity index is 724. The molecule has 2 aromatic rings. The zero-order valence-electron chi connectivity index (χ0n) is 13.3. The lowest BCUT2D eigenvalue weighted by Crippen LogP contribution is -2.30. The number of benzene rings is 1. The summed E-state index contributed by atoms with van der Waals surface area (Å²) in [4.78, 5) is 18.2. The van der Waals surface area contributed by atoms with Crippen molar-refractivity contribution in [2.24, 2.45) is 5.92 Å². The Morgan fingerprint density at radius 2 is 2.00 bits per heavy atom. The summed E-state index contributed by atoms with van der Waals surface area (Å²) < 4.78 is 32.2. The van der Waals surface area contributed by atoms with Crippen LogP contribution in [0, 0.1) is 17.6 Å². The second-order valence-electron chi connectivity index (χ2n) is 5.94. The monoisotopic (exact) mass is 332 g/mol. The van der Waals surface area contributed by atoms with E-state index in [2.05, 4.69) is 4.98 Å². The molecule has 0 saturated carbocycles. The van der Waals surface area contributed by atoms with Crippen LogP contribution in [0.5, 0.6) is 0 Å². The molecule has 0 bridgehead atoms. The normalized spacial score (nSPS) is 20.4. The van der Waals surface area contributed by atoms with Gasteiger partial charge in [-0.3, -0.25) is 9.78 Å². The van der Waals surface area contributed by atoms with Crippen LogP contribution in [0.3, 0.4) is 0 Å². The first-order chi connectivity index (χ1) is 11.6. The Balaban J connectivity index is 1.83. The van der Waals surface area contributed by atoms with E-state index in [0.29, 0.717) is 19.7 Å². The van der Waals surface area contributed by atoms with Gasteiger partial charge >= 0.3 is 0 Å². The van der Waals surface area contributed by atoms with Gasteiger partial charge in [0, 0.05) is 50.5 Å². The first kappa shape index (κ1) is 16.5. The topological polar surface area (TPSA) is 42.4 Å². The lowest BCUT2D eigenvalue weighted by Gasteiger charge is -2.17. The van der Waals surface area contributed by atoms with Gasteiger partial charge in [-0.1, -0.05) is 0 Å². The van der Waals surface area contributed by atoms with Gasteiger partial charge in [0.15, 0.2) is 0 Å². The molecule has 1 saturated heterocycles. The summed E-state index contributed by atoms with van der Waals surface area (Å²) in [5.74, 6) is -1.75. The molecule has 2 atom stereocenters. The Morgan fingerprint density at radius 3 is 2.67 bits per heavy atom. The van der Waals surface area contributed by atoms with Gasteiger partial charge in [0.25, 0.3) is 5.91 Å². The van der Waals surface area contributed by atoms with Crippen molar-refractivity contribution < 1.29 is 18.3 Å². The van der Waals surface area contributed by atoms with E-state index in [1.54, 1.807) is 24.4 Å². The molecule has 1 fully saturated rings. The van der Waals surface area contributed by atoms with Crippen molar-refractivity contribution in [1.82, 2.24) is 9.88 Å². The lowest BCUT2D eigenvalue weighted by molar-refractivity contribution is 0.0770. The Morgan fingerprint density at radius 1 is 1.25 bits per heavy atom. The summed E-state index contributed by atoms with van der Waals surface area (Å²) >= 11 is 0. The fourth-order valence-electron chi connectivity index (χ4n) is 3.24. The first-order valence-electron chi connectivity index (χ1n) is 7.73. The van der Waals surface area contributed by atoms with E-state index in [-0.39, 0.29) is 17.4 Å². The number of pyridine rings is 1. The van der Waals surface area contributed by atoms with Crippen LogP contribution in [0.25, 0.3) is 0 Å². The average Bonchev–Trinajstić information content (AvgIpc) is 2.99. The highest BCUT2D eigenvalue weighted by Crippen LogP contribution is 2.33. The molecule has 24 heavy (non-hydrogen) atoms. The number of carbonyl (C=O) groups is 1. The van der Waals surface area contributed by atoms with Gasteiger partial charge < -0.3 is 9.64 Å². The third-order valence-electron chi connectivity index (χ3n) is 4.40. The molecule has 6 heteroatoms. The van der Waals surface area contributed by atoms with Crippen LogP contribution >= 0.6 is 0 Å². The Kier molecular flexibility index (Phi) is 4.85. The van der Waals surface area contributed by atoms with E-state index >= 15 is 0 Å². The van der Waals surface area contributed by atoms with Crippen molar-refractivity contribution in [2.75, 3.05) is 26.8 Å². The summed E-state index contributed by atoms with van der Waals surface area (Å²) in [7, 11) is 1.62. The van der Waals surface area contributed by atoms with E-state index in [4.69, 9.17) is 4.74 Å². The third-order valence-corrected chi connectivity index (χ3v) is 4.40. The number of hydrogen-bond donors (Lipinski definition) is 0. The van der Waals surface area contributed by atoms with E-state index in [0.717, 1.165) is 17.7 Å². The van der Waals surface area contributed by atoms with Crippen LogP contribution in [-0.4, -0.2) is 42.6 Å². The molecule has 4 nitrogen and oxygen atoms in total. The zero-order chi connectivity index (χ0) is 17.1. The van der Waals surface area contributed by atoms with Crippen molar-refractivity contribution in [2.45, 2.75) is 5.92 Å². The van der Waals surface area contributed by atoms with Gasteiger partial charge in [-0.2, -0.15) is 0 Å². The molecule has 0 aliphatic carbocycles. The van der Waals surface area contributed by atoms with Gasteiger partial charge in [-0.25, -0.2) is 8.78 Å². The van der Waals surface area contributed by atoms with E-state index in [1.807, 2.05) is 12.1 Å². The maximum atomic E-state index is 13.9. The molecule has 1 aliphatic heterocycles. The molecule has 1 amide bonds. The highest BCUT2D eigenvalue weighted by atomic mass is 19.1. The standard InChI is InChI=1S/C18H18F2N2O2/c1-24-11-13-9-22(10-16(13)12-4-6-21-7-5-12)18(23)15-3-2-14(19)8-17(15)20/h2-8,13,16H,9-11H2,1H3. The summed E-state index contributed by atoms with van der Waals surface area (Å²) in [6.45, 7) is 1.44. The molecular weight excluding hydrogens is 314 g/mol. The van der Waals surface area contributed by atoms with Crippen LogP contribution in [-0.2, 0) is 4.74 Å². The van der Waals surface area contributed by atoms with Gasteiger partial charge in [0.1, 0.15) is 11.6 Å². The predicted octanol–water partition coefficient (Wildman–Crippen LogP) is 2.86. The maximum Gasteiger partial charge on any atom is 0.256 e. The highest BCUT2D eigenvalue weighted by molar-refractivity contribution is 5.94. The molecule has 3 rings (SSSR count). The number of aromatic nitrogens is 1. The van der Waals surface area contributed by atoms with Crippen LogP contribution in [0.1, 0.15) is 21.8 Å². The van der Waals surface area contributed by atoms with Crippen molar-refractivity contribution in [3.05, 3.63) is 65.5 Å². The van der Waals surface area contributed by atoms with E-state index in [1.165, 1.54) is 6.07 Å². The second-order valence-corrected chi connectivity index (χ2v) is 5.94. The molecule has 1 aliphatic rings. The van der Waals surface area contributed by atoms with Crippen molar-refractivity contribution in [3.63, 3.8) is 0 Å². The maximum absolute atomic E-state index is 13.9. The molecule has 2 heterocycles. The Hall–Kier alpha value is -2.34. The molecular formula is C18H18F2N2O2. The number of ether oxygens (including phenoxy) is 1. The molecule has 1 aromatic heterocycles. The van der Waals surface area contributed by atoms with Crippen molar-refractivity contribution >= 4 is 5.91 Å². The number of carbonyl (C=O) groups excluding carboxylic acids is 1. The van der Waals surface area contributed by atoms with Crippen molar-refractivity contribution in [1.29, 1.82) is 0 Å². The van der Waals surface area contributed by atoms with Gasteiger partial charge in [0.2, 0.25) is 0 Å². The fraction of sp³-hybridized carbons (Fsp3) is 0.333. The van der Waals surface area contributed by atoms with E-state index < -0.39 is 17.5 Å². The summed E-state index contributed by atoms with van der Waals surface area (Å²) in [6.07, 6.45) is 3.42. The second kappa shape index (κ2) is 7.05. The van der Waals surface area contributed by atoms with Gasteiger partial charge in [-0.05, 0) is 29.8 Å². The van der Waals surface area contributed by atoms with Crippen LogP contribution in [0.15, 0.2) is 42.7 Å². The number of likely N-dealkylation sites (tertiary alicyclic amines) is 1. The number of rotatable bonds is 4. The summed E-state index contributed by atoms with van der Waals surface area (Å²) in [6, 6.07) is 6.85. The molecule has 1 aromatic carbocycles. The number of hydrogen-bond acceptors (Lipinski definition) is 3. The Labute approximate surface area is 139 Å². The molecule has 0 N–H and O–H groups in total. The SMILES string of the molecule is COCC1CN(C(=O)c2ccc(F)cc2F)CC1c1ccncc1. The number of methoxy groups -OCH3 is 1. The quantitative estimate of drug-likeness (QED) is 0.865. The smallest absolute Gasteiger partial charge is 0.256 e. The molecule has 0 radical (unpaired) electrons. The van der Waals surface area contributed by atoms with Gasteiger partial charge in [0.05, 0.1) is 12.2 Å². The predicted molar refractivity (Wildman–Crippen MR) is 84.6 cm³/mol. The fourth-order valence-corrected chi connectivity index (χ4v) is 3.24. The van der Waals surface area contributed by atoms with Crippen LogP contribution in [0.2, 0.25) is 0 Å². The molecule has 126 valence electrons. The first-order valence-corrected chi connectivity index (χ1v) is 7.73. The lowest BCUT2D eigenvalue weighted by atomic mass is 9.90. The minimum atomic E-state index is -0.837. The van der Waals surface area contributed by atoms with Crippen LogP contribution < -0.4 is 0 Å². The molecule has 0 spiro atoms. The minimum Gasteiger partial charge on any atom is -0.384 e. The largest absolute Gasteiger partial charge is 0.384 e.